The van der Waals surface area contributed by atoms with Crippen LogP contribution in [-0.2, 0) is 9.59 Å². The van der Waals surface area contributed by atoms with Gasteiger partial charge in [0, 0.05) is 6.54 Å². The molecular formula is C18H19ClFN3O3. The van der Waals surface area contributed by atoms with Gasteiger partial charge < -0.3 is 10.6 Å². The number of nitrogens with one attached hydrogen (secondary N) is 2. The summed E-state index contributed by atoms with van der Waals surface area (Å²) in [6.07, 6.45) is 4.54. The van der Waals surface area contributed by atoms with Crippen LogP contribution in [0.5, 0.6) is 0 Å². The minimum atomic E-state index is -0.785. The average Bonchev–Trinajstić information content (AvgIpc) is 2.87. The number of nitrogens with zero attached hydrogens (tertiary/aromatic N) is 1. The molecule has 1 aromatic carbocycles. The second kappa shape index (κ2) is 7.45. The van der Waals surface area contributed by atoms with Crippen LogP contribution in [0.4, 0.5) is 20.6 Å². The molecule has 1 saturated heterocycles. The Morgan fingerprint density at radius 2 is 1.88 bits per heavy atom. The van der Waals surface area contributed by atoms with Crippen molar-refractivity contribution in [3.05, 3.63) is 35.6 Å². The van der Waals surface area contributed by atoms with Gasteiger partial charge in [0.1, 0.15) is 5.82 Å². The number of benzene rings is 1. The largest absolute Gasteiger partial charge is 0.334 e. The van der Waals surface area contributed by atoms with Crippen LogP contribution in [0.3, 0.4) is 0 Å². The van der Waals surface area contributed by atoms with Crippen LogP contribution in [0.2, 0.25) is 5.02 Å². The highest BCUT2D eigenvalue weighted by atomic mass is 35.5. The number of carbonyl (C=O) groups excluding carboxylic acids is 3. The zero-order chi connectivity index (χ0) is 18.8. The number of hydrogen-bond donors (Lipinski definition) is 2. The van der Waals surface area contributed by atoms with Gasteiger partial charge in [0.2, 0.25) is 11.8 Å². The van der Waals surface area contributed by atoms with Crippen molar-refractivity contribution in [3.63, 3.8) is 0 Å². The molecule has 3 rings (SSSR count). The molecule has 0 aromatic heterocycles. The lowest BCUT2D eigenvalue weighted by Gasteiger charge is -2.19. The lowest BCUT2D eigenvalue weighted by molar-refractivity contribution is -0.122. The van der Waals surface area contributed by atoms with Gasteiger partial charge in [-0.05, 0) is 25.0 Å². The summed E-state index contributed by atoms with van der Waals surface area (Å²) in [6, 6.07) is 1.65. The lowest BCUT2D eigenvalue weighted by Crippen LogP contribution is -2.32. The molecule has 2 atom stereocenters. The number of hydrogen-bond acceptors (Lipinski definition) is 3. The summed E-state index contributed by atoms with van der Waals surface area (Å²) in [5, 5.41) is 4.95. The van der Waals surface area contributed by atoms with E-state index >= 15 is 0 Å². The topological polar surface area (TPSA) is 78.5 Å². The van der Waals surface area contributed by atoms with Crippen LogP contribution in [-0.4, -0.2) is 24.4 Å². The van der Waals surface area contributed by atoms with Gasteiger partial charge in [-0.3, -0.25) is 9.59 Å². The zero-order valence-corrected chi connectivity index (χ0v) is 14.8. The highest BCUT2D eigenvalue weighted by molar-refractivity contribution is 6.34. The van der Waals surface area contributed by atoms with Gasteiger partial charge in [-0.2, -0.15) is 0 Å². The van der Waals surface area contributed by atoms with Crippen molar-refractivity contribution in [2.45, 2.75) is 25.7 Å². The maximum Gasteiger partial charge on any atom is 0.319 e. The Balaban J connectivity index is 1.91. The second-order valence-electron chi connectivity index (χ2n) is 6.42. The van der Waals surface area contributed by atoms with Gasteiger partial charge in [0.25, 0.3) is 0 Å². The van der Waals surface area contributed by atoms with Crippen molar-refractivity contribution in [1.29, 1.82) is 0 Å². The normalized spacial score (nSPS) is 22.2. The number of anilines is 2. The molecule has 1 aliphatic carbocycles. The molecule has 26 heavy (non-hydrogen) atoms. The van der Waals surface area contributed by atoms with E-state index in [0.29, 0.717) is 12.8 Å². The average molecular weight is 380 g/mol. The van der Waals surface area contributed by atoms with E-state index in [2.05, 4.69) is 17.2 Å². The van der Waals surface area contributed by atoms with Crippen molar-refractivity contribution in [3.8, 4) is 0 Å². The molecule has 138 valence electrons. The van der Waals surface area contributed by atoms with E-state index in [1.54, 1.807) is 0 Å². The molecule has 1 saturated carbocycles. The van der Waals surface area contributed by atoms with Crippen LogP contribution in [0.15, 0.2) is 24.8 Å². The first kappa shape index (κ1) is 18.4. The molecule has 6 nitrogen and oxygen atoms in total. The highest BCUT2D eigenvalue weighted by Crippen LogP contribution is 2.42. The van der Waals surface area contributed by atoms with Crippen LogP contribution < -0.4 is 15.5 Å². The zero-order valence-electron chi connectivity index (χ0n) is 14.1. The Hall–Kier alpha value is -2.41. The molecule has 4 amide bonds. The van der Waals surface area contributed by atoms with Crippen molar-refractivity contribution < 1.29 is 18.8 Å². The molecule has 2 unspecified atom stereocenters. The molecule has 2 aliphatic rings. The Morgan fingerprint density at radius 3 is 2.46 bits per heavy atom. The number of halogens is 2. The van der Waals surface area contributed by atoms with E-state index < -0.39 is 23.7 Å². The molecule has 1 aromatic rings. The molecule has 2 N–H and O–H groups in total. The van der Waals surface area contributed by atoms with Crippen LogP contribution >= 0.6 is 11.6 Å². The van der Waals surface area contributed by atoms with E-state index in [9.17, 15) is 18.8 Å². The first-order valence-corrected chi connectivity index (χ1v) is 8.84. The van der Waals surface area contributed by atoms with Gasteiger partial charge in [-0.1, -0.05) is 30.5 Å². The number of rotatable bonds is 4. The number of fused-ring (bicyclic) bond motifs is 1. The Kier molecular flexibility index (Phi) is 5.27. The third-order valence-corrected chi connectivity index (χ3v) is 5.09. The molecule has 1 aliphatic heterocycles. The maximum atomic E-state index is 14.5. The van der Waals surface area contributed by atoms with Crippen molar-refractivity contribution in [1.82, 2.24) is 5.32 Å². The summed E-state index contributed by atoms with van der Waals surface area (Å²) in [5.74, 6) is -2.34. The predicted molar refractivity (Wildman–Crippen MR) is 96.6 cm³/mol. The van der Waals surface area contributed by atoms with E-state index in [-0.39, 0.29) is 34.8 Å². The van der Waals surface area contributed by atoms with Gasteiger partial charge in [-0.25, -0.2) is 14.1 Å². The van der Waals surface area contributed by atoms with Gasteiger partial charge in [0.05, 0.1) is 28.2 Å². The lowest BCUT2D eigenvalue weighted by atomic mass is 9.81. The predicted octanol–water partition coefficient (Wildman–Crippen LogP) is 3.47. The van der Waals surface area contributed by atoms with Crippen molar-refractivity contribution in [2.24, 2.45) is 11.8 Å². The fraction of sp³-hybridized carbons (Fsp3) is 0.389. The number of imide groups is 1. The molecule has 0 bridgehead atoms. The van der Waals surface area contributed by atoms with E-state index in [1.807, 2.05) is 0 Å². The summed E-state index contributed by atoms with van der Waals surface area (Å²) in [4.78, 5) is 38.0. The maximum absolute atomic E-state index is 14.5. The molecule has 1 heterocycles. The summed E-state index contributed by atoms with van der Waals surface area (Å²) in [6.45, 7) is 3.73. The van der Waals surface area contributed by atoms with Gasteiger partial charge in [0.15, 0.2) is 0 Å². The quantitative estimate of drug-likeness (QED) is 0.621. The number of carbonyl (C=O) groups is 3. The molecule has 0 spiro atoms. The Bertz CT molecular complexity index is 759. The number of urea groups is 1. The van der Waals surface area contributed by atoms with Crippen molar-refractivity contribution >= 4 is 40.8 Å². The third kappa shape index (κ3) is 3.31. The van der Waals surface area contributed by atoms with E-state index in [1.165, 1.54) is 12.1 Å². The van der Waals surface area contributed by atoms with Crippen LogP contribution in [0, 0.1) is 17.7 Å². The molecule has 0 radical (unpaired) electrons. The minimum absolute atomic E-state index is 0.0310. The molecule has 2 fully saturated rings. The summed E-state index contributed by atoms with van der Waals surface area (Å²) in [5.41, 5.74) is -0.0714. The number of amides is 4. The Labute approximate surface area is 155 Å². The third-order valence-electron chi connectivity index (χ3n) is 4.77. The standard InChI is InChI=1S/C18H19ClFN3O3/c1-2-7-21-18(26)22-14-9-15(13(20)8-12(14)19)23-16(24)10-5-3-4-6-11(10)17(23)25/h2,8-11H,1,3-7H2,(H2,21,22,26). The fourth-order valence-electron chi connectivity index (χ4n) is 3.54. The summed E-state index contributed by atoms with van der Waals surface area (Å²) in [7, 11) is 0. The minimum Gasteiger partial charge on any atom is -0.334 e. The van der Waals surface area contributed by atoms with Gasteiger partial charge in [-0.15, -0.1) is 6.58 Å². The smallest absolute Gasteiger partial charge is 0.319 e. The molecule has 8 heteroatoms. The van der Waals surface area contributed by atoms with Crippen molar-refractivity contribution in [2.75, 3.05) is 16.8 Å². The second-order valence-corrected chi connectivity index (χ2v) is 6.82. The Morgan fingerprint density at radius 1 is 1.27 bits per heavy atom. The van der Waals surface area contributed by atoms with E-state index in [4.69, 9.17) is 11.6 Å². The van der Waals surface area contributed by atoms with Gasteiger partial charge >= 0.3 is 6.03 Å². The highest BCUT2D eigenvalue weighted by Gasteiger charge is 2.49. The van der Waals surface area contributed by atoms with Crippen LogP contribution in [0.25, 0.3) is 0 Å². The summed E-state index contributed by atoms with van der Waals surface area (Å²) >= 11 is 5.99. The summed E-state index contributed by atoms with van der Waals surface area (Å²) < 4.78 is 14.5. The molecular weight excluding hydrogens is 361 g/mol. The fourth-order valence-corrected chi connectivity index (χ4v) is 3.73. The first-order chi connectivity index (χ1) is 12.4. The van der Waals surface area contributed by atoms with E-state index in [0.717, 1.165) is 23.8 Å². The first-order valence-electron chi connectivity index (χ1n) is 8.46. The monoisotopic (exact) mass is 379 g/mol. The van der Waals surface area contributed by atoms with Crippen LogP contribution in [0.1, 0.15) is 25.7 Å². The SMILES string of the molecule is C=CCNC(=O)Nc1cc(N2C(=O)C3CCCCC3C2=O)c(F)cc1Cl.